The number of hydrogen-bond acceptors (Lipinski definition) is 4. The summed E-state index contributed by atoms with van der Waals surface area (Å²) in [5, 5.41) is 0.957. The first kappa shape index (κ1) is 11.7. The summed E-state index contributed by atoms with van der Waals surface area (Å²) in [6.07, 6.45) is 2.31. The van der Waals surface area contributed by atoms with E-state index in [-0.39, 0.29) is 5.56 Å². The van der Waals surface area contributed by atoms with Crippen LogP contribution in [-0.4, -0.2) is 11.3 Å². The van der Waals surface area contributed by atoms with E-state index in [1.54, 1.807) is 6.20 Å². The van der Waals surface area contributed by atoms with E-state index in [2.05, 4.69) is 4.98 Å². The Bertz CT molecular complexity index is 539. The first-order valence-electron chi connectivity index (χ1n) is 4.98. The second-order valence-corrected chi connectivity index (χ2v) is 4.75. The van der Waals surface area contributed by atoms with E-state index in [4.69, 9.17) is 4.74 Å². The van der Waals surface area contributed by atoms with E-state index in [1.165, 1.54) is 23.5 Å². The van der Waals surface area contributed by atoms with Gasteiger partial charge in [0.1, 0.15) is 18.2 Å². The summed E-state index contributed by atoms with van der Waals surface area (Å²) in [6, 6.07) is 3.87. The molecule has 88 valence electrons. The molecule has 0 fully saturated rings. The predicted octanol–water partition coefficient (Wildman–Crippen LogP) is 2.98. The molecule has 0 bridgehead atoms. The average Bonchev–Trinajstić information content (AvgIpc) is 2.73. The number of carbonyl (C=O) groups is 1. The fourth-order valence-electron chi connectivity index (χ4n) is 1.36. The number of aryl methyl sites for hydroxylation is 1. The summed E-state index contributed by atoms with van der Waals surface area (Å²) >= 11 is 1.53. The van der Waals surface area contributed by atoms with Crippen molar-refractivity contribution in [2.75, 3.05) is 0 Å². The van der Waals surface area contributed by atoms with E-state index >= 15 is 0 Å². The largest absolute Gasteiger partial charge is 0.487 e. The summed E-state index contributed by atoms with van der Waals surface area (Å²) in [5.74, 6) is -0.0689. The van der Waals surface area contributed by atoms with Crippen molar-refractivity contribution in [1.82, 2.24) is 4.98 Å². The standard InChI is InChI=1S/C12H10FNO2S/c1-8-14-5-11(17-8)7-16-12-3-2-10(13)4-9(12)6-15/h2-6H,7H2,1H3. The molecule has 0 radical (unpaired) electrons. The van der Waals surface area contributed by atoms with Crippen LogP contribution in [0.1, 0.15) is 20.2 Å². The number of rotatable bonds is 4. The minimum absolute atomic E-state index is 0.214. The smallest absolute Gasteiger partial charge is 0.153 e. The van der Waals surface area contributed by atoms with Gasteiger partial charge in [0, 0.05) is 6.20 Å². The summed E-state index contributed by atoms with van der Waals surface area (Å²) in [5.41, 5.74) is 0.214. The minimum Gasteiger partial charge on any atom is -0.487 e. The van der Waals surface area contributed by atoms with Crippen LogP contribution in [0.4, 0.5) is 4.39 Å². The Morgan fingerprint density at radius 3 is 3.00 bits per heavy atom. The Hall–Kier alpha value is -1.75. The molecule has 0 aliphatic rings. The molecule has 0 saturated heterocycles. The molecule has 0 spiro atoms. The summed E-state index contributed by atoms with van der Waals surface area (Å²) in [6.45, 7) is 2.24. The third-order valence-electron chi connectivity index (χ3n) is 2.14. The lowest BCUT2D eigenvalue weighted by molar-refractivity contribution is 0.111. The molecule has 0 saturated carbocycles. The molecule has 0 unspecified atom stereocenters. The van der Waals surface area contributed by atoms with Gasteiger partial charge in [0.15, 0.2) is 6.29 Å². The van der Waals surface area contributed by atoms with Crippen molar-refractivity contribution in [2.45, 2.75) is 13.5 Å². The number of nitrogens with zero attached hydrogens (tertiary/aromatic N) is 1. The lowest BCUT2D eigenvalue weighted by Gasteiger charge is -2.06. The van der Waals surface area contributed by atoms with Crippen molar-refractivity contribution in [2.24, 2.45) is 0 Å². The number of halogens is 1. The second-order valence-electron chi connectivity index (χ2n) is 3.43. The Kier molecular flexibility index (Phi) is 3.49. The van der Waals surface area contributed by atoms with E-state index in [1.807, 2.05) is 6.92 Å². The van der Waals surface area contributed by atoms with Crippen molar-refractivity contribution in [3.63, 3.8) is 0 Å². The third-order valence-corrected chi connectivity index (χ3v) is 3.02. The van der Waals surface area contributed by atoms with E-state index in [9.17, 15) is 9.18 Å². The Morgan fingerprint density at radius 2 is 2.35 bits per heavy atom. The lowest BCUT2D eigenvalue weighted by Crippen LogP contribution is -1.97. The average molecular weight is 251 g/mol. The van der Waals surface area contributed by atoms with Gasteiger partial charge in [-0.2, -0.15) is 0 Å². The van der Waals surface area contributed by atoms with Gasteiger partial charge >= 0.3 is 0 Å². The van der Waals surface area contributed by atoms with Gasteiger partial charge in [-0.05, 0) is 25.1 Å². The number of hydrogen-bond donors (Lipinski definition) is 0. The molecule has 0 aliphatic heterocycles. The summed E-state index contributed by atoms with van der Waals surface area (Å²) in [4.78, 5) is 15.8. The van der Waals surface area contributed by atoms with Crippen molar-refractivity contribution in [3.8, 4) is 5.75 Å². The zero-order chi connectivity index (χ0) is 12.3. The maximum atomic E-state index is 12.9. The molecular weight excluding hydrogens is 241 g/mol. The van der Waals surface area contributed by atoms with Gasteiger partial charge in [0.25, 0.3) is 0 Å². The van der Waals surface area contributed by atoms with E-state index in [0.29, 0.717) is 18.6 Å². The number of thiazole rings is 1. The first-order valence-corrected chi connectivity index (χ1v) is 5.79. The van der Waals surface area contributed by atoms with Gasteiger partial charge < -0.3 is 4.74 Å². The van der Waals surface area contributed by atoms with Crippen molar-refractivity contribution < 1.29 is 13.9 Å². The lowest BCUT2D eigenvalue weighted by atomic mass is 10.2. The zero-order valence-electron chi connectivity index (χ0n) is 9.14. The molecule has 5 heteroatoms. The SMILES string of the molecule is Cc1ncc(COc2ccc(F)cc2C=O)s1. The van der Waals surface area contributed by atoms with Crippen molar-refractivity contribution >= 4 is 17.6 Å². The molecular formula is C12H10FNO2S. The fourth-order valence-corrected chi connectivity index (χ4v) is 2.07. The third kappa shape index (κ3) is 2.88. The maximum absolute atomic E-state index is 12.9. The van der Waals surface area contributed by atoms with Crippen LogP contribution in [0.5, 0.6) is 5.75 Å². The molecule has 1 aromatic carbocycles. The van der Waals surface area contributed by atoms with Crippen LogP contribution in [0.3, 0.4) is 0 Å². The minimum atomic E-state index is -0.451. The zero-order valence-corrected chi connectivity index (χ0v) is 9.96. The number of ether oxygens (including phenoxy) is 1. The van der Waals surface area contributed by atoms with Crippen molar-refractivity contribution in [1.29, 1.82) is 0 Å². The molecule has 1 heterocycles. The van der Waals surface area contributed by atoms with E-state index in [0.717, 1.165) is 16.0 Å². The quantitative estimate of drug-likeness (QED) is 0.784. The summed E-state index contributed by atoms with van der Waals surface area (Å²) < 4.78 is 18.3. The molecule has 2 aromatic rings. The molecule has 0 N–H and O–H groups in total. The van der Waals surface area contributed by atoms with Gasteiger partial charge in [0.2, 0.25) is 0 Å². The van der Waals surface area contributed by atoms with Gasteiger partial charge in [-0.1, -0.05) is 0 Å². The van der Waals surface area contributed by atoms with Crippen LogP contribution in [0.25, 0.3) is 0 Å². The van der Waals surface area contributed by atoms with Crippen LogP contribution in [0.15, 0.2) is 24.4 Å². The maximum Gasteiger partial charge on any atom is 0.153 e. The van der Waals surface area contributed by atoms with Crippen LogP contribution in [0, 0.1) is 12.7 Å². The van der Waals surface area contributed by atoms with Crippen LogP contribution in [0.2, 0.25) is 0 Å². The number of aldehydes is 1. The van der Waals surface area contributed by atoms with Gasteiger partial charge in [-0.25, -0.2) is 9.37 Å². The highest BCUT2D eigenvalue weighted by Gasteiger charge is 2.06. The van der Waals surface area contributed by atoms with Crippen molar-refractivity contribution in [3.05, 3.63) is 45.7 Å². The normalized spacial score (nSPS) is 10.2. The highest BCUT2D eigenvalue weighted by atomic mass is 32.1. The molecule has 0 aliphatic carbocycles. The Balaban J connectivity index is 2.11. The molecule has 17 heavy (non-hydrogen) atoms. The van der Waals surface area contributed by atoms with Crippen LogP contribution < -0.4 is 4.74 Å². The van der Waals surface area contributed by atoms with Crippen LogP contribution >= 0.6 is 11.3 Å². The van der Waals surface area contributed by atoms with E-state index < -0.39 is 5.82 Å². The monoisotopic (exact) mass is 251 g/mol. The highest BCUT2D eigenvalue weighted by Crippen LogP contribution is 2.20. The molecule has 2 rings (SSSR count). The number of aromatic nitrogens is 1. The van der Waals surface area contributed by atoms with Crippen LogP contribution in [-0.2, 0) is 6.61 Å². The first-order chi connectivity index (χ1) is 8.19. The molecule has 0 atom stereocenters. The second kappa shape index (κ2) is 5.05. The van der Waals surface area contributed by atoms with Gasteiger partial charge in [0.05, 0.1) is 15.4 Å². The van der Waals surface area contributed by atoms with Gasteiger partial charge in [-0.15, -0.1) is 11.3 Å². The topological polar surface area (TPSA) is 39.2 Å². The van der Waals surface area contributed by atoms with Gasteiger partial charge in [-0.3, -0.25) is 4.79 Å². The highest BCUT2D eigenvalue weighted by molar-refractivity contribution is 7.11. The number of carbonyl (C=O) groups excluding carboxylic acids is 1. The fraction of sp³-hybridized carbons (Fsp3) is 0.167. The number of benzene rings is 1. The predicted molar refractivity (Wildman–Crippen MR) is 63.0 cm³/mol. The summed E-state index contributed by atoms with van der Waals surface area (Å²) in [7, 11) is 0. The Morgan fingerprint density at radius 1 is 1.53 bits per heavy atom. The molecule has 0 amide bonds. The molecule has 3 nitrogen and oxygen atoms in total. The molecule has 1 aromatic heterocycles. The Labute approximate surface area is 102 Å².